The van der Waals surface area contributed by atoms with Crippen molar-refractivity contribution in [3.05, 3.63) is 56.0 Å². The average Bonchev–Trinajstić information content (AvgIpc) is 3.23. The molecule has 11 heteroatoms. The van der Waals surface area contributed by atoms with Crippen LogP contribution < -0.4 is 16.0 Å². The van der Waals surface area contributed by atoms with Crippen LogP contribution in [0, 0.1) is 0 Å². The molecule has 0 unspecified atom stereocenters. The van der Waals surface area contributed by atoms with Gasteiger partial charge in [0, 0.05) is 69.8 Å². The van der Waals surface area contributed by atoms with Gasteiger partial charge < -0.3 is 14.4 Å². The van der Waals surface area contributed by atoms with Crippen LogP contribution in [0.4, 0.5) is 5.95 Å². The third-order valence-electron chi connectivity index (χ3n) is 6.46. The first-order chi connectivity index (χ1) is 15.9. The van der Waals surface area contributed by atoms with Gasteiger partial charge in [0.2, 0.25) is 11.9 Å². The van der Waals surface area contributed by atoms with Crippen LogP contribution in [0.3, 0.4) is 0 Å². The van der Waals surface area contributed by atoms with Gasteiger partial charge in [-0.3, -0.25) is 19.0 Å². The molecule has 3 aromatic heterocycles. The maximum Gasteiger partial charge on any atom is 0.318 e. The molecule has 0 radical (unpaired) electrons. The average molecular weight is 470 g/mol. The van der Waals surface area contributed by atoms with Gasteiger partial charge in [-0.25, -0.2) is 15.0 Å². The number of amides is 1. The minimum Gasteiger partial charge on any atom is -0.341 e. The van der Waals surface area contributed by atoms with E-state index in [9.17, 15) is 14.4 Å². The van der Waals surface area contributed by atoms with Gasteiger partial charge in [-0.1, -0.05) is 11.6 Å². The normalized spacial score (nSPS) is 17.3. The molecule has 5 heterocycles. The third-order valence-corrected chi connectivity index (χ3v) is 6.67. The lowest BCUT2D eigenvalue weighted by molar-refractivity contribution is -0.128. The summed E-state index contributed by atoms with van der Waals surface area (Å²) in [5.74, 6) is 0.799. The number of nitrogens with zero attached hydrogens (tertiary/aromatic N) is 7. The van der Waals surface area contributed by atoms with Crippen LogP contribution in [-0.4, -0.2) is 54.5 Å². The zero-order valence-corrected chi connectivity index (χ0v) is 19.0. The number of likely N-dealkylation sites (tertiary alicyclic amines) is 1. The van der Waals surface area contributed by atoms with Crippen LogP contribution in [-0.2, 0) is 18.4 Å². The Morgan fingerprint density at radius 3 is 2.39 bits per heavy atom. The van der Waals surface area contributed by atoms with E-state index in [0.717, 1.165) is 18.5 Å². The molecule has 5 rings (SSSR count). The molecule has 2 aliphatic rings. The molecule has 2 aliphatic heterocycles. The molecule has 0 atom stereocenters. The van der Waals surface area contributed by atoms with Crippen LogP contribution in [0.5, 0.6) is 0 Å². The van der Waals surface area contributed by atoms with Crippen molar-refractivity contribution in [3.63, 3.8) is 0 Å². The van der Waals surface area contributed by atoms with Gasteiger partial charge in [0.15, 0.2) is 5.65 Å². The first-order valence-corrected chi connectivity index (χ1v) is 11.4. The van der Waals surface area contributed by atoms with E-state index in [-0.39, 0.29) is 11.9 Å². The molecule has 2 saturated heterocycles. The van der Waals surface area contributed by atoms with Crippen molar-refractivity contribution in [1.29, 1.82) is 0 Å². The summed E-state index contributed by atoms with van der Waals surface area (Å²) in [6, 6.07) is 1.50. The highest BCUT2D eigenvalue weighted by molar-refractivity contribution is 6.31. The number of hydrogen-bond donors (Lipinski definition) is 0. The molecule has 10 nitrogen and oxygen atoms in total. The standard InChI is InChI=1S/C22H24ClN7O3/c1-27-17-9-15(23)12-24-19(17)30(21(33)20(27)32)16-4-7-28(8-5-16)22-25-10-14(11-26-22)13-29-6-2-3-18(29)31/h9-12,16H,2-8,13H2,1H3. The second-order valence-corrected chi connectivity index (χ2v) is 9.00. The number of anilines is 1. The Morgan fingerprint density at radius 2 is 1.73 bits per heavy atom. The first kappa shape index (κ1) is 21.6. The molecule has 2 fully saturated rings. The number of carbonyl (C=O) groups is 1. The van der Waals surface area contributed by atoms with E-state index in [2.05, 4.69) is 19.9 Å². The van der Waals surface area contributed by atoms with E-state index in [1.165, 1.54) is 15.3 Å². The minimum atomic E-state index is -0.593. The molecular weight excluding hydrogens is 446 g/mol. The summed E-state index contributed by atoms with van der Waals surface area (Å²) in [6.45, 7) is 2.61. The number of pyridine rings is 1. The van der Waals surface area contributed by atoms with Crippen molar-refractivity contribution < 1.29 is 4.79 Å². The lowest BCUT2D eigenvalue weighted by Gasteiger charge is -2.33. The van der Waals surface area contributed by atoms with Gasteiger partial charge >= 0.3 is 11.1 Å². The van der Waals surface area contributed by atoms with Crippen LogP contribution in [0.15, 0.2) is 34.2 Å². The molecule has 0 saturated carbocycles. The molecule has 1 amide bonds. The number of fused-ring (bicyclic) bond motifs is 1. The van der Waals surface area contributed by atoms with Crippen molar-refractivity contribution in [1.82, 2.24) is 29.0 Å². The van der Waals surface area contributed by atoms with Crippen molar-refractivity contribution >= 4 is 34.6 Å². The molecule has 0 N–H and O–H groups in total. The summed E-state index contributed by atoms with van der Waals surface area (Å²) in [5.41, 5.74) is 0.735. The highest BCUT2D eigenvalue weighted by atomic mass is 35.5. The number of aromatic nitrogens is 5. The fraction of sp³-hybridized carbons (Fsp3) is 0.455. The smallest absolute Gasteiger partial charge is 0.318 e. The minimum absolute atomic E-state index is 0.153. The number of carbonyl (C=O) groups excluding carboxylic acids is 1. The Labute approximate surface area is 194 Å². The Bertz CT molecular complexity index is 1330. The third kappa shape index (κ3) is 3.99. The Kier molecular flexibility index (Phi) is 5.61. The SMILES string of the molecule is Cn1c(=O)c(=O)n(C2CCN(c3ncc(CN4CCCC4=O)cn3)CC2)c2ncc(Cl)cc21. The van der Waals surface area contributed by atoms with Crippen LogP contribution in [0.2, 0.25) is 5.02 Å². The zero-order valence-electron chi connectivity index (χ0n) is 18.3. The highest BCUT2D eigenvalue weighted by Gasteiger charge is 2.26. The molecule has 0 aliphatic carbocycles. The molecule has 0 aromatic carbocycles. The molecule has 3 aromatic rings. The number of piperidine rings is 1. The quantitative estimate of drug-likeness (QED) is 0.533. The van der Waals surface area contributed by atoms with Crippen LogP contribution >= 0.6 is 11.6 Å². The maximum absolute atomic E-state index is 12.8. The fourth-order valence-electron chi connectivity index (χ4n) is 4.65. The van der Waals surface area contributed by atoms with Crippen LogP contribution in [0.25, 0.3) is 11.2 Å². The predicted molar refractivity (Wildman–Crippen MR) is 123 cm³/mol. The van der Waals surface area contributed by atoms with Crippen LogP contribution in [0.1, 0.15) is 37.3 Å². The zero-order chi connectivity index (χ0) is 23.1. The number of aryl methyl sites for hydroxylation is 1. The fourth-order valence-corrected chi connectivity index (χ4v) is 4.81. The first-order valence-electron chi connectivity index (χ1n) is 11.0. The van der Waals surface area contributed by atoms with Crippen molar-refractivity contribution in [2.75, 3.05) is 24.5 Å². The molecule has 0 spiro atoms. The lowest BCUT2D eigenvalue weighted by Crippen LogP contribution is -2.45. The van der Waals surface area contributed by atoms with Gasteiger partial charge in [-0.15, -0.1) is 0 Å². The topological polar surface area (TPSA) is 106 Å². The summed E-state index contributed by atoms with van der Waals surface area (Å²) in [5, 5.41) is 0.409. The van der Waals surface area contributed by atoms with E-state index < -0.39 is 11.1 Å². The second kappa shape index (κ2) is 8.58. The summed E-state index contributed by atoms with van der Waals surface area (Å²) in [6.07, 6.45) is 7.85. The molecule has 33 heavy (non-hydrogen) atoms. The Balaban J connectivity index is 1.33. The molecule has 172 valence electrons. The van der Waals surface area contributed by atoms with Crippen molar-refractivity contribution in [3.8, 4) is 0 Å². The lowest BCUT2D eigenvalue weighted by atomic mass is 10.0. The highest BCUT2D eigenvalue weighted by Crippen LogP contribution is 2.26. The summed E-state index contributed by atoms with van der Waals surface area (Å²) in [4.78, 5) is 54.4. The van der Waals surface area contributed by atoms with Gasteiger partial charge in [-0.2, -0.15) is 0 Å². The van der Waals surface area contributed by atoms with Crippen molar-refractivity contribution in [2.45, 2.75) is 38.3 Å². The maximum atomic E-state index is 12.8. The number of hydrogen-bond acceptors (Lipinski definition) is 7. The van der Waals surface area contributed by atoms with E-state index in [0.29, 0.717) is 61.0 Å². The van der Waals surface area contributed by atoms with Gasteiger partial charge in [-0.05, 0) is 25.3 Å². The van der Waals surface area contributed by atoms with Gasteiger partial charge in [0.1, 0.15) is 0 Å². The van der Waals surface area contributed by atoms with E-state index in [4.69, 9.17) is 11.6 Å². The number of halogens is 1. The van der Waals surface area contributed by atoms with Gasteiger partial charge in [0.05, 0.1) is 10.5 Å². The second-order valence-electron chi connectivity index (χ2n) is 8.56. The van der Waals surface area contributed by atoms with E-state index in [1.54, 1.807) is 25.5 Å². The van der Waals surface area contributed by atoms with Crippen molar-refractivity contribution in [2.24, 2.45) is 7.05 Å². The Hall–Kier alpha value is -3.27. The largest absolute Gasteiger partial charge is 0.341 e. The van der Waals surface area contributed by atoms with E-state index in [1.807, 2.05) is 4.90 Å². The van der Waals surface area contributed by atoms with Gasteiger partial charge in [0.25, 0.3) is 0 Å². The van der Waals surface area contributed by atoms with E-state index >= 15 is 0 Å². The summed E-state index contributed by atoms with van der Waals surface area (Å²) in [7, 11) is 1.55. The number of rotatable bonds is 4. The predicted octanol–water partition coefficient (Wildman–Crippen LogP) is 1.50. The molecular formula is C22H24ClN7O3. The molecule has 0 bridgehead atoms. The summed E-state index contributed by atoms with van der Waals surface area (Å²) >= 11 is 6.07. The Morgan fingerprint density at radius 1 is 1.00 bits per heavy atom. The monoisotopic (exact) mass is 469 g/mol. The summed E-state index contributed by atoms with van der Waals surface area (Å²) < 4.78 is 2.82.